The van der Waals surface area contributed by atoms with E-state index in [4.69, 9.17) is 9.47 Å². The van der Waals surface area contributed by atoms with Crippen LogP contribution < -0.4 is 20.1 Å². The van der Waals surface area contributed by atoms with Gasteiger partial charge >= 0.3 is 0 Å². The van der Waals surface area contributed by atoms with Crippen molar-refractivity contribution in [2.75, 3.05) is 30.9 Å². The molecule has 3 amide bonds. The molecular formula is C29H34N6O5. The predicted molar refractivity (Wildman–Crippen MR) is 152 cm³/mol. The molecule has 4 heterocycles. The Labute approximate surface area is 232 Å². The van der Waals surface area contributed by atoms with Crippen LogP contribution >= 0.6 is 0 Å². The fourth-order valence-corrected chi connectivity index (χ4v) is 5.06. The summed E-state index contributed by atoms with van der Waals surface area (Å²) in [5.74, 6) is 0.423. The van der Waals surface area contributed by atoms with Crippen LogP contribution in [0.4, 0.5) is 17.1 Å². The van der Waals surface area contributed by atoms with Gasteiger partial charge in [-0.1, -0.05) is 0 Å². The van der Waals surface area contributed by atoms with Crippen molar-refractivity contribution >= 4 is 41.0 Å². The molecule has 1 atom stereocenters. The van der Waals surface area contributed by atoms with Gasteiger partial charge in [-0.25, -0.2) is 0 Å². The average molecular weight is 547 g/mol. The number of carbonyl (C=O) groups is 3. The van der Waals surface area contributed by atoms with Crippen molar-refractivity contribution in [3.8, 4) is 11.5 Å². The number of nitrogens with one attached hydrogen (secondary N) is 2. The second-order valence-corrected chi connectivity index (χ2v) is 10.2. The van der Waals surface area contributed by atoms with Crippen LogP contribution in [0.25, 0.3) is 0 Å². The second-order valence-electron chi connectivity index (χ2n) is 10.2. The Hall–Kier alpha value is -4.54. The molecule has 11 nitrogen and oxygen atoms in total. The van der Waals surface area contributed by atoms with Crippen LogP contribution in [0.3, 0.4) is 0 Å². The fourth-order valence-electron chi connectivity index (χ4n) is 5.06. The highest BCUT2D eigenvalue weighted by molar-refractivity contribution is 6.05. The quantitative estimate of drug-likeness (QED) is 0.393. The Balaban J connectivity index is 1.14. The molecule has 2 N–H and O–H groups in total. The summed E-state index contributed by atoms with van der Waals surface area (Å²) in [6.45, 7) is 2.96. The first-order chi connectivity index (χ1) is 19.2. The van der Waals surface area contributed by atoms with Crippen LogP contribution in [-0.2, 0) is 18.9 Å². The summed E-state index contributed by atoms with van der Waals surface area (Å²) in [6.07, 6.45) is 7.94. The maximum Gasteiger partial charge on any atom is 0.272 e. The largest absolute Gasteiger partial charge is 0.493 e. The average Bonchev–Trinajstić information content (AvgIpc) is 3.61. The summed E-state index contributed by atoms with van der Waals surface area (Å²) in [4.78, 5) is 44.7. The van der Waals surface area contributed by atoms with E-state index in [-0.39, 0.29) is 36.8 Å². The maximum absolute atomic E-state index is 13.0. The smallest absolute Gasteiger partial charge is 0.272 e. The van der Waals surface area contributed by atoms with E-state index in [1.165, 1.54) is 7.11 Å². The number of amides is 3. The molecule has 0 bridgehead atoms. The third kappa shape index (κ3) is 5.58. The highest BCUT2D eigenvalue weighted by atomic mass is 16.5. The third-order valence-electron chi connectivity index (χ3n) is 7.30. The van der Waals surface area contributed by atoms with E-state index < -0.39 is 0 Å². The zero-order valence-corrected chi connectivity index (χ0v) is 23.2. The molecule has 2 aliphatic heterocycles. The highest BCUT2D eigenvalue weighted by Gasteiger charge is 2.32. The lowest BCUT2D eigenvalue weighted by atomic mass is 10.1. The number of aliphatic imine (C=N–C) groups is 1. The van der Waals surface area contributed by atoms with Gasteiger partial charge in [-0.05, 0) is 44.4 Å². The summed E-state index contributed by atoms with van der Waals surface area (Å²) < 4.78 is 15.0. The molecule has 0 spiro atoms. The summed E-state index contributed by atoms with van der Waals surface area (Å²) in [5.41, 5.74) is 3.76. The molecule has 3 aromatic rings. The van der Waals surface area contributed by atoms with Crippen LogP contribution in [0.2, 0.25) is 0 Å². The van der Waals surface area contributed by atoms with E-state index in [1.54, 1.807) is 36.0 Å². The number of aryl methyl sites for hydroxylation is 3. The zero-order chi connectivity index (χ0) is 28.4. The molecule has 1 aromatic carbocycles. The lowest BCUT2D eigenvalue weighted by Crippen LogP contribution is -2.35. The number of nitrogens with zero attached hydrogens (tertiary/aromatic N) is 4. The SMILES string of the molecule is COc1cc2c(cc1OCCCC(=O)Nc1cc(C(=O)Nc3cc(C)n(C)c3)n(C)c1)N=C[C@@H]1CCCN1C2=O. The Morgan fingerprint density at radius 3 is 2.58 bits per heavy atom. The molecule has 1 saturated heterocycles. The van der Waals surface area contributed by atoms with Gasteiger partial charge in [0.05, 0.1) is 42.4 Å². The van der Waals surface area contributed by atoms with Crippen LogP contribution in [0.15, 0.2) is 41.7 Å². The van der Waals surface area contributed by atoms with E-state index in [0.717, 1.165) is 25.1 Å². The zero-order valence-electron chi connectivity index (χ0n) is 23.2. The molecule has 2 aromatic heterocycles. The minimum Gasteiger partial charge on any atom is -0.493 e. The summed E-state index contributed by atoms with van der Waals surface area (Å²) in [5, 5.41) is 5.72. The molecule has 0 unspecified atom stereocenters. The molecule has 2 aliphatic rings. The van der Waals surface area contributed by atoms with E-state index >= 15 is 0 Å². The topological polar surface area (TPSA) is 119 Å². The molecule has 11 heteroatoms. The van der Waals surface area contributed by atoms with Gasteiger partial charge < -0.3 is 34.1 Å². The van der Waals surface area contributed by atoms with Crippen molar-refractivity contribution < 1.29 is 23.9 Å². The van der Waals surface area contributed by atoms with E-state index in [9.17, 15) is 14.4 Å². The molecule has 0 radical (unpaired) electrons. The Bertz CT molecular complexity index is 1470. The number of methoxy groups -OCH3 is 1. The number of benzene rings is 1. The number of anilines is 2. The van der Waals surface area contributed by atoms with Crippen LogP contribution in [0, 0.1) is 6.92 Å². The van der Waals surface area contributed by atoms with Gasteiger partial charge in [0.1, 0.15) is 5.69 Å². The monoisotopic (exact) mass is 546 g/mol. The van der Waals surface area contributed by atoms with E-state index in [1.807, 2.05) is 41.9 Å². The van der Waals surface area contributed by atoms with Gasteiger partial charge in [0.25, 0.3) is 11.8 Å². The number of hydrogen-bond acceptors (Lipinski definition) is 6. The fraction of sp³-hybridized carbons (Fsp3) is 0.379. The summed E-state index contributed by atoms with van der Waals surface area (Å²) in [6, 6.07) is 6.96. The molecular weight excluding hydrogens is 512 g/mol. The van der Waals surface area contributed by atoms with Crippen LogP contribution in [0.5, 0.6) is 11.5 Å². The Kier molecular flexibility index (Phi) is 7.63. The van der Waals surface area contributed by atoms with E-state index in [0.29, 0.717) is 46.2 Å². The molecule has 40 heavy (non-hydrogen) atoms. The standard InChI is InChI=1S/C29H34N6O5/c1-18-11-19(16-33(18)2)32-28(37)24-12-20(17-34(24)3)31-27(36)8-6-10-40-26-14-23-22(13-25(26)39-4)29(38)35-9-5-7-21(35)15-30-23/h11-17,21H,5-10H2,1-4H3,(H,31,36)(H,32,37)/t21-/m0/s1. The minimum absolute atomic E-state index is 0.0250. The van der Waals surface area contributed by atoms with Gasteiger partial charge in [-0.3, -0.25) is 19.4 Å². The lowest BCUT2D eigenvalue weighted by Gasteiger charge is -2.20. The van der Waals surface area contributed by atoms with Gasteiger partial charge in [0, 0.05) is 57.4 Å². The van der Waals surface area contributed by atoms with Crippen molar-refractivity contribution in [3.63, 3.8) is 0 Å². The normalized spacial score (nSPS) is 15.8. The Morgan fingerprint density at radius 2 is 1.82 bits per heavy atom. The predicted octanol–water partition coefficient (Wildman–Crippen LogP) is 4.05. The van der Waals surface area contributed by atoms with Crippen molar-refractivity contribution in [2.24, 2.45) is 19.1 Å². The maximum atomic E-state index is 13.0. The summed E-state index contributed by atoms with van der Waals surface area (Å²) in [7, 11) is 5.19. The molecule has 1 fully saturated rings. The van der Waals surface area contributed by atoms with Crippen molar-refractivity contribution in [1.29, 1.82) is 0 Å². The highest BCUT2D eigenvalue weighted by Crippen LogP contribution is 2.38. The second kappa shape index (κ2) is 11.3. The van der Waals surface area contributed by atoms with E-state index in [2.05, 4.69) is 15.6 Å². The van der Waals surface area contributed by atoms with Crippen molar-refractivity contribution in [1.82, 2.24) is 14.0 Å². The first-order valence-corrected chi connectivity index (χ1v) is 13.3. The number of ether oxygens (including phenoxy) is 2. The molecule has 5 rings (SSSR count). The number of rotatable bonds is 9. The van der Waals surface area contributed by atoms with Crippen LogP contribution in [-0.4, -0.2) is 64.3 Å². The van der Waals surface area contributed by atoms with Gasteiger partial charge in [-0.15, -0.1) is 0 Å². The van der Waals surface area contributed by atoms with Gasteiger partial charge in [0.15, 0.2) is 11.5 Å². The lowest BCUT2D eigenvalue weighted by molar-refractivity contribution is -0.116. The van der Waals surface area contributed by atoms with Crippen molar-refractivity contribution in [3.05, 3.63) is 53.6 Å². The number of carbonyl (C=O) groups excluding carboxylic acids is 3. The number of hydrogen-bond donors (Lipinski definition) is 2. The first kappa shape index (κ1) is 27.0. The summed E-state index contributed by atoms with van der Waals surface area (Å²) >= 11 is 0. The minimum atomic E-state index is -0.261. The first-order valence-electron chi connectivity index (χ1n) is 13.3. The van der Waals surface area contributed by atoms with Crippen LogP contribution in [0.1, 0.15) is 52.2 Å². The molecule has 0 aliphatic carbocycles. The molecule has 210 valence electrons. The van der Waals surface area contributed by atoms with Gasteiger partial charge in [-0.2, -0.15) is 0 Å². The Morgan fingerprint density at radius 1 is 1.05 bits per heavy atom. The van der Waals surface area contributed by atoms with Crippen molar-refractivity contribution in [2.45, 2.75) is 38.6 Å². The van der Waals surface area contributed by atoms with Gasteiger partial charge in [0.2, 0.25) is 5.91 Å². The third-order valence-corrected chi connectivity index (χ3v) is 7.30. The number of aromatic nitrogens is 2. The number of fused-ring (bicyclic) bond motifs is 2. The molecule has 0 saturated carbocycles.